The van der Waals surface area contributed by atoms with Crippen LogP contribution in [0.15, 0.2) is 17.5 Å². The van der Waals surface area contributed by atoms with Crippen LogP contribution >= 0.6 is 11.3 Å². The third-order valence-electron chi connectivity index (χ3n) is 5.43. The number of urea groups is 1. The van der Waals surface area contributed by atoms with Crippen molar-refractivity contribution in [2.24, 2.45) is 5.92 Å². The number of imide groups is 2. The standard InChI is InChI=1S/C19H23N3O6S/c1-2-12-5-7-19(8-6-12)17(26)22(18(27)21-19)10-15(24)28-11-14(23)20-16(25)13-4-3-9-29-13/h3-4,9,12H,2,5-8,10-11H2,1H3,(H,21,27)(H,20,23,25). The highest BCUT2D eigenvalue weighted by atomic mass is 32.1. The fourth-order valence-electron chi connectivity index (χ4n) is 3.69. The first kappa shape index (κ1) is 21.0. The summed E-state index contributed by atoms with van der Waals surface area (Å²) in [6.45, 7) is 0.850. The number of carbonyl (C=O) groups is 5. The highest BCUT2D eigenvalue weighted by Crippen LogP contribution is 2.37. The Kier molecular flexibility index (Phi) is 6.31. The Morgan fingerprint density at radius 3 is 2.66 bits per heavy atom. The second-order valence-corrected chi connectivity index (χ2v) is 8.22. The van der Waals surface area contributed by atoms with Gasteiger partial charge in [0, 0.05) is 0 Å². The quantitative estimate of drug-likeness (QED) is 0.529. The summed E-state index contributed by atoms with van der Waals surface area (Å²) < 4.78 is 4.82. The topological polar surface area (TPSA) is 122 Å². The summed E-state index contributed by atoms with van der Waals surface area (Å²) in [4.78, 5) is 61.7. The van der Waals surface area contributed by atoms with Crippen molar-refractivity contribution in [3.8, 4) is 0 Å². The molecule has 2 heterocycles. The molecule has 1 saturated heterocycles. The van der Waals surface area contributed by atoms with Gasteiger partial charge in [-0.2, -0.15) is 0 Å². The highest BCUT2D eigenvalue weighted by Gasteiger charge is 2.52. The number of esters is 1. The minimum atomic E-state index is -0.937. The van der Waals surface area contributed by atoms with Crippen molar-refractivity contribution >= 4 is 41.1 Å². The molecular weight excluding hydrogens is 398 g/mol. The first-order chi connectivity index (χ1) is 13.8. The lowest BCUT2D eigenvalue weighted by Crippen LogP contribution is -2.49. The third kappa shape index (κ3) is 4.64. The molecule has 2 fully saturated rings. The average molecular weight is 421 g/mol. The van der Waals surface area contributed by atoms with Crippen molar-refractivity contribution in [3.63, 3.8) is 0 Å². The van der Waals surface area contributed by atoms with E-state index in [4.69, 9.17) is 4.74 Å². The molecule has 1 aliphatic carbocycles. The van der Waals surface area contributed by atoms with Crippen LogP contribution in [0.2, 0.25) is 0 Å². The van der Waals surface area contributed by atoms with E-state index in [1.807, 2.05) is 0 Å². The van der Waals surface area contributed by atoms with Gasteiger partial charge in [0.2, 0.25) is 0 Å². The van der Waals surface area contributed by atoms with E-state index in [1.165, 1.54) is 11.3 Å². The molecule has 0 unspecified atom stereocenters. The van der Waals surface area contributed by atoms with Crippen LogP contribution in [0.5, 0.6) is 0 Å². The second-order valence-electron chi connectivity index (χ2n) is 7.27. The van der Waals surface area contributed by atoms with Gasteiger partial charge < -0.3 is 10.1 Å². The Morgan fingerprint density at radius 1 is 1.31 bits per heavy atom. The third-order valence-corrected chi connectivity index (χ3v) is 6.30. The highest BCUT2D eigenvalue weighted by molar-refractivity contribution is 7.12. The predicted octanol–water partition coefficient (Wildman–Crippen LogP) is 1.44. The van der Waals surface area contributed by atoms with Gasteiger partial charge in [-0.05, 0) is 43.0 Å². The minimum absolute atomic E-state index is 0.354. The van der Waals surface area contributed by atoms with Crippen LogP contribution in [-0.4, -0.2) is 53.3 Å². The van der Waals surface area contributed by atoms with Crippen molar-refractivity contribution < 1.29 is 28.7 Å². The van der Waals surface area contributed by atoms with E-state index in [1.54, 1.807) is 17.5 Å². The van der Waals surface area contributed by atoms with Crippen molar-refractivity contribution in [3.05, 3.63) is 22.4 Å². The molecule has 5 amide bonds. The summed E-state index contributed by atoms with van der Waals surface area (Å²) in [7, 11) is 0. The van der Waals surface area contributed by atoms with Crippen LogP contribution in [0.4, 0.5) is 4.79 Å². The average Bonchev–Trinajstić information content (AvgIpc) is 3.31. The summed E-state index contributed by atoms with van der Waals surface area (Å²) in [6.07, 6.45) is 3.83. The zero-order valence-electron chi connectivity index (χ0n) is 16.1. The van der Waals surface area contributed by atoms with Gasteiger partial charge in [-0.1, -0.05) is 19.4 Å². The Morgan fingerprint density at radius 2 is 2.03 bits per heavy atom. The Labute approximate surface area is 171 Å². The van der Waals surface area contributed by atoms with Gasteiger partial charge in [0.1, 0.15) is 12.1 Å². The zero-order chi connectivity index (χ0) is 21.0. The number of thiophene rings is 1. The van der Waals surface area contributed by atoms with Gasteiger partial charge in [0.15, 0.2) is 6.61 Å². The van der Waals surface area contributed by atoms with E-state index >= 15 is 0 Å². The fraction of sp³-hybridized carbons (Fsp3) is 0.526. The maximum Gasteiger partial charge on any atom is 0.326 e. The predicted molar refractivity (Wildman–Crippen MR) is 103 cm³/mol. The van der Waals surface area contributed by atoms with E-state index in [0.717, 1.165) is 24.2 Å². The first-order valence-electron chi connectivity index (χ1n) is 9.52. The molecule has 0 bridgehead atoms. The van der Waals surface area contributed by atoms with Gasteiger partial charge in [0.25, 0.3) is 17.7 Å². The number of rotatable bonds is 6. The Bertz CT molecular complexity index is 814. The number of amides is 5. The molecule has 10 heteroatoms. The van der Waals surface area contributed by atoms with Gasteiger partial charge in [-0.3, -0.25) is 29.4 Å². The molecule has 1 aliphatic heterocycles. The zero-order valence-corrected chi connectivity index (χ0v) is 16.9. The van der Waals surface area contributed by atoms with E-state index in [2.05, 4.69) is 17.6 Å². The van der Waals surface area contributed by atoms with Gasteiger partial charge in [-0.15, -0.1) is 11.3 Å². The van der Waals surface area contributed by atoms with E-state index in [-0.39, 0.29) is 0 Å². The molecule has 1 spiro atoms. The molecule has 1 saturated carbocycles. The summed E-state index contributed by atoms with van der Waals surface area (Å²) in [5, 5.41) is 6.53. The van der Waals surface area contributed by atoms with Crippen LogP contribution in [0, 0.1) is 5.92 Å². The van der Waals surface area contributed by atoms with Crippen molar-refractivity contribution in [2.45, 2.75) is 44.6 Å². The summed E-state index contributed by atoms with van der Waals surface area (Å²) >= 11 is 1.17. The lowest BCUT2D eigenvalue weighted by molar-refractivity contribution is -0.151. The van der Waals surface area contributed by atoms with Crippen molar-refractivity contribution in [1.82, 2.24) is 15.5 Å². The second kappa shape index (κ2) is 8.73. The molecule has 1 aromatic rings. The smallest absolute Gasteiger partial charge is 0.326 e. The summed E-state index contributed by atoms with van der Waals surface area (Å²) in [5.74, 6) is -2.15. The van der Waals surface area contributed by atoms with Crippen LogP contribution in [0.3, 0.4) is 0 Å². The maximum absolute atomic E-state index is 12.8. The number of ether oxygens (including phenoxy) is 1. The summed E-state index contributed by atoms with van der Waals surface area (Å²) in [5.41, 5.74) is -0.937. The number of hydrogen-bond donors (Lipinski definition) is 2. The monoisotopic (exact) mass is 421 g/mol. The van der Waals surface area contributed by atoms with Gasteiger partial charge in [-0.25, -0.2) is 4.79 Å². The van der Waals surface area contributed by atoms with Gasteiger partial charge >= 0.3 is 12.0 Å². The van der Waals surface area contributed by atoms with Crippen molar-refractivity contribution in [2.75, 3.05) is 13.2 Å². The van der Waals surface area contributed by atoms with Crippen LogP contribution < -0.4 is 10.6 Å². The van der Waals surface area contributed by atoms with E-state index < -0.39 is 48.4 Å². The number of nitrogens with one attached hydrogen (secondary N) is 2. The van der Waals surface area contributed by atoms with E-state index in [9.17, 15) is 24.0 Å². The number of carbonyl (C=O) groups excluding carboxylic acids is 5. The molecule has 1 aromatic heterocycles. The van der Waals surface area contributed by atoms with E-state index in [0.29, 0.717) is 23.6 Å². The largest absolute Gasteiger partial charge is 0.454 e. The molecule has 0 radical (unpaired) electrons. The SMILES string of the molecule is CCC1CCC2(CC1)NC(=O)N(CC(=O)OCC(=O)NC(=O)c1cccs1)C2=O. The fourth-order valence-corrected chi connectivity index (χ4v) is 4.31. The molecule has 29 heavy (non-hydrogen) atoms. The van der Waals surface area contributed by atoms with Gasteiger partial charge in [0.05, 0.1) is 4.88 Å². The Hall–Kier alpha value is -2.75. The molecule has 0 aromatic carbocycles. The van der Waals surface area contributed by atoms with Crippen LogP contribution in [0.1, 0.15) is 48.7 Å². The molecule has 0 atom stereocenters. The first-order valence-corrected chi connectivity index (χ1v) is 10.4. The molecule has 156 valence electrons. The maximum atomic E-state index is 12.8. The lowest BCUT2D eigenvalue weighted by atomic mass is 9.75. The van der Waals surface area contributed by atoms with Crippen LogP contribution in [-0.2, 0) is 19.1 Å². The molecule has 9 nitrogen and oxygen atoms in total. The number of nitrogens with zero attached hydrogens (tertiary/aromatic N) is 1. The molecule has 2 aliphatic rings. The minimum Gasteiger partial charge on any atom is -0.454 e. The Balaban J connectivity index is 1.48. The van der Waals surface area contributed by atoms with Crippen LogP contribution in [0.25, 0.3) is 0 Å². The molecule has 2 N–H and O–H groups in total. The normalized spacial score (nSPS) is 23.8. The molecular formula is C19H23N3O6S. The lowest BCUT2D eigenvalue weighted by Gasteiger charge is -2.34. The van der Waals surface area contributed by atoms with Crippen molar-refractivity contribution in [1.29, 1.82) is 0 Å². The number of hydrogen-bond acceptors (Lipinski definition) is 7. The summed E-state index contributed by atoms with van der Waals surface area (Å²) in [6, 6.07) is 2.60. The molecule has 3 rings (SSSR count).